The van der Waals surface area contributed by atoms with E-state index in [-0.39, 0.29) is 5.91 Å². The smallest absolute Gasteiger partial charge is 0.235 e. The Balaban J connectivity index is 1.48. The van der Waals surface area contributed by atoms with E-state index in [9.17, 15) is 4.79 Å². The molecule has 1 saturated carbocycles. The summed E-state index contributed by atoms with van der Waals surface area (Å²) >= 11 is 8.75. The van der Waals surface area contributed by atoms with Gasteiger partial charge < -0.3 is 9.88 Å². The topological polar surface area (TPSA) is 59.8 Å². The van der Waals surface area contributed by atoms with Crippen molar-refractivity contribution < 1.29 is 4.79 Å². The molecular formula is C21H23ClN4OS2. The summed E-state index contributed by atoms with van der Waals surface area (Å²) in [5.74, 6) is 1.22. The second kappa shape index (κ2) is 9.78. The third-order valence-corrected chi connectivity index (χ3v) is 7.14. The van der Waals surface area contributed by atoms with Crippen LogP contribution < -0.4 is 5.32 Å². The van der Waals surface area contributed by atoms with E-state index in [1.807, 2.05) is 24.3 Å². The fourth-order valence-corrected chi connectivity index (χ4v) is 5.48. The van der Waals surface area contributed by atoms with Crippen molar-refractivity contribution in [3.05, 3.63) is 58.2 Å². The lowest BCUT2D eigenvalue weighted by Crippen LogP contribution is -2.18. The fraction of sp³-hybridized carbons (Fsp3) is 0.381. The van der Waals surface area contributed by atoms with Crippen LogP contribution in [0.15, 0.2) is 47.6 Å². The monoisotopic (exact) mass is 446 g/mol. The van der Waals surface area contributed by atoms with Crippen molar-refractivity contribution in [3.8, 4) is 0 Å². The van der Waals surface area contributed by atoms with Gasteiger partial charge in [-0.3, -0.25) is 4.79 Å². The molecule has 1 amide bonds. The molecule has 0 saturated heterocycles. The lowest BCUT2D eigenvalue weighted by atomic mass is 9.95. The van der Waals surface area contributed by atoms with Crippen LogP contribution in [0.25, 0.3) is 0 Å². The maximum atomic E-state index is 12.4. The number of nitrogens with zero attached hydrogens (tertiary/aromatic N) is 3. The number of aromatic nitrogens is 3. The van der Waals surface area contributed by atoms with Crippen LogP contribution >= 0.6 is 34.7 Å². The first-order valence-electron chi connectivity index (χ1n) is 9.85. The van der Waals surface area contributed by atoms with Crippen LogP contribution in [0.4, 0.5) is 5.00 Å². The van der Waals surface area contributed by atoms with Crippen LogP contribution in [0.5, 0.6) is 0 Å². The number of anilines is 1. The van der Waals surface area contributed by atoms with Crippen molar-refractivity contribution in [1.29, 1.82) is 0 Å². The van der Waals surface area contributed by atoms with E-state index in [0.29, 0.717) is 16.1 Å². The molecule has 3 aromatic rings. The zero-order valence-corrected chi connectivity index (χ0v) is 18.4. The summed E-state index contributed by atoms with van der Waals surface area (Å²) in [4.78, 5) is 12.4. The summed E-state index contributed by atoms with van der Waals surface area (Å²) in [5.41, 5.74) is 1.22. The van der Waals surface area contributed by atoms with Crippen molar-refractivity contribution in [2.24, 2.45) is 0 Å². The number of carbonyl (C=O) groups excluding carboxylic acids is 1. The van der Waals surface area contributed by atoms with Crippen LogP contribution in [-0.2, 0) is 11.2 Å². The van der Waals surface area contributed by atoms with Gasteiger partial charge in [0.25, 0.3) is 0 Å². The molecule has 152 valence electrons. The Hall–Kier alpha value is -1.83. The first kappa shape index (κ1) is 20.4. The molecule has 5 nitrogen and oxygen atoms in total. The minimum Gasteiger partial charge on any atom is -0.317 e. The highest BCUT2D eigenvalue weighted by Gasteiger charge is 2.23. The Kier molecular flexibility index (Phi) is 6.90. The first-order chi connectivity index (χ1) is 14.2. The third-order valence-electron chi connectivity index (χ3n) is 5.05. The van der Waals surface area contributed by atoms with Crippen LogP contribution in [0, 0.1) is 0 Å². The number of thioether (sulfide) groups is 1. The molecule has 0 unspecified atom stereocenters. The van der Waals surface area contributed by atoms with E-state index in [2.05, 4.69) is 32.2 Å². The molecule has 1 fully saturated rings. The number of hydrogen-bond donors (Lipinski definition) is 1. The summed E-state index contributed by atoms with van der Waals surface area (Å²) in [6.45, 7) is 0. The highest BCUT2D eigenvalue weighted by atomic mass is 35.5. The summed E-state index contributed by atoms with van der Waals surface area (Å²) < 4.78 is 2.95. The molecule has 29 heavy (non-hydrogen) atoms. The minimum atomic E-state index is -0.0590. The van der Waals surface area contributed by atoms with Crippen molar-refractivity contribution in [2.75, 3.05) is 11.1 Å². The quantitative estimate of drug-likeness (QED) is 0.464. The van der Waals surface area contributed by atoms with E-state index in [4.69, 9.17) is 11.6 Å². The summed E-state index contributed by atoms with van der Waals surface area (Å²) in [6, 6.07) is 14.4. The molecule has 8 heteroatoms. The van der Waals surface area contributed by atoms with E-state index in [1.54, 1.807) is 6.07 Å². The van der Waals surface area contributed by atoms with Crippen molar-refractivity contribution in [3.63, 3.8) is 0 Å². The molecule has 4 rings (SSSR count). The molecule has 0 atom stereocenters. The predicted octanol–water partition coefficient (Wildman–Crippen LogP) is 5.82. The molecule has 0 aliphatic heterocycles. The number of amides is 1. The molecule has 1 aliphatic carbocycles. The van der Waals surface area contributed by atoms with Gasteiger partial charge in [0.15, 0.2) is 5.16 Å². The Morgan fingerprint density at radius 3 is 2.66 bits per heavy atom. The average molecular weight is 447 g/mol. The zero-order chi connectivity index (χ0) is 20.1. The van der Waals surface area contributed by atoms with Crippen molar-refractivity contribution >= 4 is 45.6 Å². The molecule has 0 radical (unpaired) electrons. The van der Waals surface area contributed by atoms with Gasteiger partial charge in [0.1, 0.15) is 5.82 Å². The lowest BCUT2D eigenvalue weighted by molar-refractivity contribution is -0.113. The number of thiophene rings is 1. The van der Waals surface area contributed by atoms with E-state index < -0.39 is 0 Å². The Bertz CT molecular complexity index is 951. The molecule has 1 N–H and O–H groups in total. The summed E-state index contributed by atoms with van der Waals surface area (Å²) in [7, 11) is 0. The number of hydrogen-bond acceptors (Lipinski definition) is 5. The number of carbonyl (C=O) groups is 1. The molecular weight excluding hydrogens is 424 g/mol. The fourth-order valence-electron chi connectivity index (χ4n) is 3.70. The first-order valence-corrected chi connectivity index (χ1v) is 12.0. The van der Waals surface area contributed by atoms with Gasteiger partial charge in [-0.05, 0) is 30.5 Å². The molecule has 2 heterocycles. The van der Waals surface area contributed by atoms with Crippen LogP contribution in [0.1, 0.15) is 49.5 Å². The maximum Gasteiger partial charge on any atom is 0.235 e. The normalized spacial score (nSPS) is 14.8. The number of nitrogens with one attached hydrogen (secondary N) is 1. The standard InChI is InChI=1S/C21H23ClN4OS2/c22-17-11-12-20(29-17)23-19(27)14-28-21-25-24-18(13-15-7-3-1-4-8-15)26(21)16-9-5-2-6-10-16/h1,3-4,7-8,11-12,16H,2,5-6,9-10,13-14H2,(H,23,27). The van der Waals surface area contributed by atoms with Gasteiger partial charge in [0.2, 0.25) is 5.91 Å². The number of halogens is 1. The maximum absolute atomic E-state index is 12.4. The second-order valence-corrected chi connectivity index (χ2v) is 9.82. The van der Waals surface area contributed by atoms with Crippen LogP contribution in [0.3, 0.4) is 0 Å². The van der Waals surface area contributed by atoms with Crippen LogP contribution in [-0.4, -0.2) is 26.4 Å². The largest absolute Gasteiger partial charge is 0.317 e. The molecule has 1 aromatic carbocycles. The summed E-state index contributed by atoms with van der Waals surface area (Å²) in [6.07, 6.45) is 6.81. The molecule has 0 spiro atoms. The van der Waals surface area contributed by atoms with Gasteiger partial charge >= 0.3 is 0 Å². The van der Waals surface area contributed by atoms with Gasteiger partial charge in [-0.15, -0.1) is 21.5 Å². The van der Waals surface area contributed by atoms with Gasteiger partial charge in [-0.25, -0.2) is 0 Å². The van der Waals surface area contributed by atoms with Gasteiger partial charge in [0, 0.05) is 12.5 Å². The van der Waals surface area contributed by atoms with Crippen LogP contribution in [0.2, 0.25) is 4.34 Å². The van der Waals surface area contributed by atoms with Gasteiger partial charge in [-0.1, -0.05) is 73.0 Å². The van der Waals surface area contributed by atoms with Crippen molar-refractivity contribution in [1.82, 2.24) is 14.8 Å². The van der Waals surface area contributed by atoms with E-state index >= 15 is 0 Å². The highest BCUT2D eigenvalue weighted by Crippen LogP contribution is 2.33. The third kappa shape index (κ3) is 5.41. The zero-order valence-electron chi connectivity index (χ0n) is 16.0. The molecule has 2 aromatic heterocycles. The minimum absolute atomic E-state index is 0.0590. The average Bonchev–Trinajstić information content (AvgIpc) is 3.33. The molecule has 0 bridgehead atoms. The van der Waals surface area contributed by atoms with Crippen molar-refractivity contribution in [2.45, 2.75) is 49.7 Å². The number of benzene rings is 1. The van der Waals surface area contributed by atoms with E-state index in [0.717, 1.165) is 35.2 Å². The van der Waals surface area contributed by atoms with Gasteiger partial charge in [-0.2, -0.15) is 0 Å². The molecule has 1 aliphatic rings. The van der Waals surface area contributed by atoms with Gasteiger partial charge in [0.05, 0.1) is 15.1 Å². The van der Waals surface area contributed by atoms with E-state index in [1.165, 1.54) is 47.9 Å². The SMILES string of the molecule is O=C(CSc1nnc(Cc2ccccc2)n1C1CCCCC1)Nc1ccc(Cl)s1. The Morgan fingerprint density at radius 2 is 1.93 bits per heavy atom. The lowest BCUT2D eigenvalue weighted by Gasteiger charge is -2.25. The summed E-state index contributed by atoms with van der Waals surface area (Å²) in [5, 5.41) is 13.4. The Labute approximate surface area is 183 Å². The number of rotatable bonds is 7. The predicted molar refractivity (Wildman–Crippen MR) is 120 cm³/mol. The Morgan fingerprint density at radius 1 is 1.14 bits per heavy atom. The highest BCUT2D eigenvalue weighted by molar-refractivity contribution is 7.99. The second-order valence-electron chi connectivity index (χ2n) is 7.16.